The normalized spacial score (nSPS) is 19.2. The molecule has 0 radical (unpaired) electrons. The molecule has 1 aromatic heterocycles. The fraction of sp³-hybridized carbons (Fsp3) is 0.364. The van der Waals surface area contributed by atoms with E-state index in [4.69, 9.17) is 5.73 Å². The number of carbonyl (C=O) groups excluding carboxylic acids is 2. The number of nitrogens with two attached hydrogens (primary N) is 1. The van der Waals surface area contributed by atoms with Crippen LogP contribution in [-0.2, 0) is 9.59 Å². The molecule has 1 aliphatic rings. The van der Waals surface area contributed by atoms with Gasteiger partial charge in [-0.1, -0.05) is 13.8 Å². The predicted octanol–water partition coefficient (Wildman–Crippen LogP) is 0.953. The molecule has 1 fully saturated rings. The van der Waals surface area contributed by atoms with Crippen molar-refractivity contribution >= 4 is 23.2 Å². The highest BCUT2D eigenvalue weighted by molar-refractivity contribution is 6.23. The molecule has 0 aliphatic carbocycles. The van der Waals surface area contributed by atoms with E-state index in [1.54, 1.807) is 19.9 Å². The van der Waals surface area contributed by atoms with Crippen LogP contribution in [0.3, 0.4) is 0 Å². The fourth-order valence-corrected chi connectivity index (χ4v) is 1.80. The van der Waals surface area contributed by atoms with Crippen LogP contribution in [0, 0.1) is 5.41 Å². The molecular formula is C11H13N3O2. The molecule has 5 nitrogen and oxygen atoms in total. The summed E-state index contributed by atoms with van der Waals surface area (Å²) in [5, 5.41) is 0. The summed E-state index contributed by atoms with van der Waals surface area (Å²) in [6.07, 6.45) is 3.16. The maximum absolute atomic E-state index is 12.0. The Morgan fingerprint density at radius 2 is 2.12 bits per heavy atom. The van der Waals surface area contributed by atoms with Crippen LogP contribution in [0.4, 0.5) is 11.4 Å². The highest BCUT2D eigenvalue weighted by Gasteiger charge is 2.45. The molecule has 0 saturated carbocycles. The van der Waals surface area contributed by atoms with Gasteiger partial charge in [-0.2, -0.15) is 0 Å². The van der Waals surface area contributed by atoms with E-state index in [9.17, 15) is 9.59 Å². The number of hydrogen-bond acceptors (Lipinski definition) is 4. The van der Waals surface area contributed by atoms with E-state index in [1.165, 1.54) is 12.4 Å². The molecule has 0 bridgehead atoms. The summed E-state index contributed by atoms with van der Waals surface area (Å²) in [6.45, 7) is 3.51. The zero-order chi connectivity index (χ0) is 11.9. The summed E-state index contributed by atoms with van der Waals surface area (Å²) in [7, 11) is 0. The van der Waals surface area contributed by atoms with Gasteiger partial charge in [-0.25, -0.2) is 4.90 Å². The maximum atomic E-state index is 12.0. The molecule has 0 spiro atoms. The minimum atomic E-state index is -0.646. The minimum Gasteiger partial charge on any atom is -0.396 e. The average Bonchev–Trinajstić information content (AvgIpc) is 2.39. The first-order valence-electron chi connectivity index (χ1n) is 5.00. The van der Waals surface area contributed by atoms with Crippen molar-refractivity contribution in [2.75, 3.05) is 10.6 Å². The third kappa shape index (κ3) is 1.44. The van der Waals surface area contributed by atoms with Crippen molar-refractivity contribution in [3.05, 3.63) is 18.5 Å². The van der Waals surface area contributed by atoms with Gasteiger partial charge in [-0.05, 0) is 6.07 Å². The van der Waals surface area contributed by atoms with Gasteiger partial charge in [-0.15, -0.1) is 0 Å². The van der Waals surface area contributed by atoms with Crippen molar-refractivity contribution in [1.82, 2.24) is 4.98 Å². The van der Waals surface area contributed by atoms with E-state index in [0.29, 0.717) is 11.4 Å². The van der Waals surface area contributed by atoms with Crippen molar-refractivity contribution in [3.63, 3.8) is 0 Å². The van der Waals surface area contributed by atoms with Crippen LogP contribution >= 0.6 is 0 Å². The zero-order valence-corrected chi connectivity index (χ0v) is 9.23. The Bertz CT molecular complexity index is 468. The van der Waals surface area contributed by atoms with E-state index in [-0.39, 0.29) is 18.2 Å². The Hall–Kier alpha value is -1.91. The topological polar surface area (TPSA) is 76.3 Å². The lowest BCUT2D eigenvalue weighted by atomic mass is 9.92. The fourth-order valence-electron chi connectivity index (χ4n) is 1.80. The Kier molecular flexibility index (Phi) is 2.18. The van der Waals surface area contributed by atoms with Crippen LogP contribution in [0.2, 0.25) is 0 Å². The minimum absolute atomic E-state index is 0.213. The molecule has 2 heterocycles. The molecule has 1 aliphatic heterocycles. The van der Waals surface area contributed by atoms with Gasteiger partial charge in [0.05, 0.1) is 23.0 Å². The van der Waals surface area contributed by atoms with Crippen LogP contribution in [0.1, 0.15) is 20.3 Å². The van der Waals surface area contributed by atoms with Gasteiger partial charge >= 0.3 is 0 Å². The van der Waals surface area contributed by atoms with E-state index in [1.807, 2.05) is 0 Å². The highest BCUT2D eigenvalue weighted by atomic mass is 16.2. The molecule has 1 saturated heterocycles. The second-order valence-electron chi connectivity index (χ2n) is 4.53. The first-order valence-corrected chi connectivity index (χ1v) is 5.00. The number of amides is 2. The third-order valence-corrected chi connectivity index (χ3v) is 2.69. The van der Waals surface area contributed by atoms with Crippen molar-refractivity contribution < 1.29 is 9.59 Å². The number of hydrogen-bond donors (Lipinski definition) is 1. The van der Waals surface area contributed by atoms with Gasteiger partial charge in [0.1, 0.15) is 0 Å². The van der Waals surface area contributed by atoms with Gasteiger partial charge in [0, 0.05) is 12.6 Å². The highest BCUT2D eigenvalue weighted by Crippen LogP contribution is 2.36. The number of imide groups is 1. The number of nitrogen functional groups attached to an aromatic ring is 1. The Morgan fingerprint density at radius 1 is 1.44 bits per heavy atom. The van der Waals surface area contributed by atoms with Gasteiger partial charge in [0.15, 0.2) is 0 Å². The Morgan fingerprint density at radius 3 is 2.62 bits per heavy atom. The van der Waals surface area contributed by atoms with Crippen molar-refractivity contribution in [1.29, 1.82) is 0 Å². The SMILES string of the molecule is CC1(C)CC(=O)N(c2ccncc2N)C1=O. The summed E-state index contributed by atoms with van der Waals surface area (Å²) in [5.41, 5.74) is 5.82. The summed E-state index contributed by atoms with van der Waals surface area (Å²) >= 11 is 0. The first-order chi connectivity index (χ1) is 7.43. The smallest absolute Gasteiger partial charge is 0.240 e. The first kappa shape index (κ1) is 10.6. The Balaban J connectivity index is 2.47. The molecule has 2 amide bonds. The van der Waals surface area contributed by atoms with E-state index in [0.717, 1.165) is 4.90 Å². The summed E-state index contributed by atoms with van der Waals surface area (Å²) < 4.78 is 0. The van der Waals surface area contributed by atoms with Gasteiger partial charge in [0.25, 0.3) is 0 Å². The largest absolute Gasteiger partial charge is 0.396 e. The number of anilines is 2. The molecule has 0 atom stereocenters. The molecule has 2 rings (SSSR count). The van der Waals surface area contributed by atoms with Gasteiger partial charge in [0.2, 0.25) is 11.8 Å². The second-order valence-corrected chi connectivity index (χ2v) is 4.53. The number of nitrogens with zero attached hydrogens (tertiary/aromatic N) is 2. The van der Waals surface area contributed by atoms with Crippen LogP contribution in [0.5, 0.6) is 0 Å². The quantitative estimate of drug-likeness (QED) is 0.713. The van der Waals surface area contributed by atoms with Crippen molar-refractivity contribution in [2.45, 2.75) is 20.3 Å². The lowest BCUT2D eigenvalue weighted by Gasteiger charge is -2.18. The molecule has 16 heavy (non-hydrogen) atoms. The molecule has 5 heteroatoms. The monoisotopic (exact) mass is 219 g/mol. The lowest BCUT2D eigenvalue weighted by molar-refractivity contribution is -0.124. The van der Waals surface area contributed by atoms with E-state index >= 15 is 0 Å². The van der Waals surface area contributed by atoms with Gasteiger partial charge < -0.3 is 5.73 Å². The van der Waals surface area contributed by atoms with Gasteiger partial charge in [-0.3, -0.25) is 14.6 Å². The van der Waals surface area contributed by atoms with E-state index < -0.39 is 5.41 Å². The van der Waals surface area contributed by atoms with Crippen LogP contribution < -0.4 is 10.6 Å². The van der Waals surface area contributed by atoms with Crippen LogP contribution in [0.15, 0.2) is 18.5 Å². The molecule has 2 N–H and O–H groups in total. The summed E-state index contributed by atoms with van der Waals surface area (Å²) in [6, 6.07) is 1.58. The second kappa shape index (κ2) is 3.30. The van der Waals surface area contributed by atoms with Crippen LogP contribution in [0.25, 0.3) is 0 Å². The summed E-state index contributed by atoms with van der Waals surface area (Å²) in [5.74, 6) is -0.427. The molecule has 84 valence electrons. The molecule has 0 unspecified atom stereocenters. The molecular weight excluding hydrogens is 206 g/mol. The maximum Gasteiger partial charge on any atom is 0.240 e. The van der Waals surface area contributed by atoms with E-state index in [2.05, 4.69) is 4.98 Å². The standard InChI is InChI=1S/C11H13N3O2/c1-11(2)5-9(15)14(10(11)16)8-3-4-13-6-7(8)12/h3-4,6H,5,12H2,1-2H3. The average molecular weight is 219 g/mol. The number of rotatable bonds is 1. The Labute approximate surface area is 93.3 Å². The third-order valence-electron chi connectivity index (χ3n) is 2.69. The number of carbonyl (C=O) groups is 2. The van der Waals surface area contributed by atoms with Crippen molar-refractivity contribution in [2.24, 2.45) is 5.41 Å². The summed E-state index contributed by atoms with van der Waals surface area (Å²) in [4.78, 5) is 28.8. The van der Waals surface area contributed by atoms with Crippen molar-refractivity contribution in [3.8, 4) is 0 Å². The molecule has 0 aromatic carbocycles. The zero-order valence-electron chi connectivity index (χ0n) is 9.23. The molecule has 1 aromatic rings. The number of pyridine rings is 1. The lowest BCUT2D eigenvalue weighted by Crippen LogP contribution is -2.33. The number of aromatic nitrogens is 1. The predicted molar refractivity (Wildman–Crippen MR) is 59.5 cm³/mol. The van der Waals surface area contributed by atoms with Crippen LogP contribution in [-0.4, -0.2) is 16.8 Å².